The van der Waals surface area contributed by atoms with Crippen LogP contribution in [0.5, 0.6) is 5.75 Å². The van der Waals surface area contributed by atoms with E-state index < -0.39 is 5.54 Å². The number of nitrogens with zero attached hydrogens (tertiary/aromatic N) is 1. The quantitative estimate of drug-likeness (QED) is 0.634. The van der Waals surface area contributed by atoms with Crippen molar-refractivity contribution in [3.63, 3.8) is 0 Å². The van der Waals surface area contributed by atoms with Gasteiger partial charge in [-0.25, -0.2) is 4.79 Å². The summed E-state index contributed by atoms with van der Waals surface area (Å²) in [6.07, 6.45) is 3.27. The van der Waals surface area contributed by atoms with Crippen LogP contribution in [0.25, 0.3) is 0 Å². The average molecular weight is 303 g/mol. The van der Waals surface area contributed by atoms with E-state index in [4.69, 9.17) is 16.3 Å². The SMILES string of the molecule is COc1c(Cl)cc(Br)cc1C1(N=C=O)CC1. The van der Waals surface area contributed by atoms with Crippen LogP contribution in [-0.2, 0) is 10.3 Å². The van der Waals surface area contributed by atoms with Crippen molar-refractivity contribution in [3.8, 4) is 5.75 Å². The van der Waals surface area contributed by atoms with Crippen molar-refractivity contribution in [3.05, 3.63) is 27.2 Å². The van der Waals surface area contributed by atoms with E-state index in [-0.39, 0.29) is 0 Å². The maximum atomic E-state index is 10.4. The van der Waals surface area contributed by atoms with Gasteiger partial charge in [0.2, 0.25) is 6.08 Å². The topological polar surface area (TPSA) is 38.7 Å². The fraction of sp³-hybridized carbons (Fsp3) is 0.364. The lowest BCUT2D eigenvalue weighted by Gasteiger charge is -2.15. The van der Waals surface area contributed by atoms with Crippen LogP contribution in [0.15, 0.2) is 21.6 Å². The zero-order valence-electron chi connectivity index (χ0n) is 8.59. The molecule has 0 heterocycles. The van der Waals surface area contributed by atoms with Crippen molar-refractivity contribution in [2.45, 2.75) is 18.4 Å². The zero-order valence-corrected chi connectivity index (χ0v) is 10.9. The van der Waals surface area contributed by atoms with E-state index in [2.05, 4.69) is 20.9 Å². The smallest absolute Gasteiger partial charge is 0.235 e. The van der Waals surface area contributed by atoms with Crippen molar-refractivity contribution in [2.75, 3.05) is 7.11 Å². The average Bonchev–Trinajstić information content (AvgIpc) is 2.98. The maximum absolute atomic E-state index is 10.4. The molecule has 3 nitrogen and oxygen atoms in total. The fourth-order valence-electron chi connectivity index (χ4n) is 1.76. The van der Waals surface area contributed by atoms with Gasteiger partial charge in [-0.05, 0) is 25.0 Å². The standard InChI is InChI=1S/C11H9BrClNO2/c1-16-10-8(4-7(12)5-9(10)13)11(2-3-11)14-6-15/h4-5H,2-3H2,1H3. The van der Waals surface area contributed by atoms with E-state index in [0.29, 0.717) is 10.8 Å². The monoisotopic (exact) mass is 301 g/mol. The number of hydrogen-bond acceptors (Lipinski definition) is 3. The molecule has 0 saturated heterocycles. The molecule has 1 aromatic carbocycles. The Labute approximate surface area is 107 Å². The third-order valence-corrected chi connectivity index (χ3v) is 3.44. The van der Waals surface area contributed by atoms with Gasteiger partial charge in [0.15, 0.2) is 0 Å². The summed E-state index contributed by atoms with van der Waals surface area (Å²) in [6, 6.07) is 3.64. The van der Waals surface area contributed by atoms with E-state index in [9.17, 15) is 4.79 Å². The van der Waals surface area contributed by atoms with E-state index in [1.807, 2.05) is 6.07 Å². The molecule has 5 heteroatoms. The number of rotatable bonds is 3. The third kappa shape index (κ3) is 1.88. The molecule has 84 valence electrons. The second kappa shape index (κ2) is 4.21. The Morgan fingerprint density at radius 1 is 1.56 bits per heavy atom. The molecular weight excluding hydrogens is 293 g/mol. The second-order valence-electron chi connectivity index (χ2n) is 3.70. The van der Waals surface area contributed by atoms with E-state index in [1.165, 1.54) is 0 Å². The molecule has 0 radical (unpaired) electrons. The molecule has 0 unspecified atom stereocenters. The minimum atomic E-state index is -0.472. The highest BCUT2D eigenvalue weighted by atomic mass is 79.9. The molecule has 2 rings (SSSR count). The lowest BCUT2D eigenvalue weighted by molar-refractivity contribution is 0.404. The molecule has 0 aromatic heterocycles. The third-order valence-electron chi connectivity index (χ3n) is 2.70. The summed E-state index contributed by atoms with van der Waals surface area (Å²) in [5.41, 5.74) is 0.373. The Morgan fingerprint density at radius 2 is 2.25 bits per heavy atom. The first-order valence-electron chi connectivity index (χ1n) is 4.75. The number of halogens is 2. The van der Waals surface area contributed by atoms with Crippen molar-refractivity contribution < 1.29 is 9.53 Å². The molecule has 1 aliphatic carbocycles. The zero-order chi connectivity index (χ0) is 11.8. The molecule has 0 bridgehead atoms. The Hall–Kier alpha value is -0.830. The number of aliphatic imine (C=N–C) groups is 1. The predicted octanol–water partition coefficient (Wildman–Crippen LogP) is 3.44. The van der Waals surface area contributed by atoms with Crippen LogP contribution >= 0.6 is 27.5 Å². The van der Waals surface area contributed by atoms with Crippen molar-refractivity contribution in [1.82, 2.24) is 0 Å². The highest BCUT2D eigenvalue weighted by molar-refractivity contribution is 9.10. The summed E-state index contributed by atoms with van der Waals surface area (Å²) in [6.45, 7) is 0. The Kier molecular flexibility index (Phi) is 3.06. The van der Waals surface area contributed by atoms with Crippen LogP contribution in [0, 0.1) is 0 Å². The lowest BCUT2D eigenvalue weighted by Crippen LogP contribution is -2.05. The fourth-order valence-corrected chi connectivity index (χ4v) is 2.65. The van der Waals surface area contributed by atoms with Crippen LogP contribution < -0.4 is 4.74 Å². The maximum Gasteiger partial charge on any atom is 0.235 e. The van der Waals surface area contributed by atoms with Crippen LogP contribution in [0.3, 0.4) is 0 Å². The number of methoxy groups -OCH3 is 1. The van der Waals surface area contributed by atoms with Crippen LogP contribution in [0.4, 0.5) is 0 Å². The van der Waals surface area contributed by atoms with Gasteiger partial charge in [0.1, 0.15) is 11.3 Å². The van der Waals surface area contributed by atoms with Crippen molar-refractivity contribution >= 4 is 33.6 Å². The minimum absolute atomic E-state index is 0.472. The first-order valence-corrected chi connectivity index (χ1v) is 5.92. The van der Waals surface area contributed by atoms with Gasteiger partial charge in [0, 0.05) is 10.0 Å². The largest absolute Gasteiger partial charge is 0.495 e. The Balaban J connectivity index is 2.59. The molecule has 0 aliphatic heterocycles. The van der Waals surface area contributed by atoms with Crippen LogP contribution in [0.2, 0.25) is 5.02 Å². The molecule has 1 saturated carbocycles. The normalized spacial score (nSPS) is 16.4. The van der Waals surface area contributed by atoms with Gasteiger partial charge in [-0.15, -0.1) is 0 Å². The number of isocyanates is 1. The number of benzene rings is 1. The number of ether oxygens (including phenoxy) is 1. The van der Waals surface area contributed by atoms with Gasteiger partial charge in [-0.2, -0.15) is 4.99 Å². The molecule has 1 aliphatic rings. The highest BCUT2D eigenvalue weighted by Gasteiger charge is 2.47. The lowest BCUT2D eigenvalue weighted by atomic mass is 10.0. The van der Waals surface area contributed by atoms with Crippen LogP contribution in [0.1, 0.15) is 18.4 Å². The van der Waals surface area contributed by atoms with E-state index in [0.717, 1.165) is 22.9 Å². The molecule has 0 amide bonds. The molecule has 1 aromatic rings. The molecule has 1 fully saturated rings. The van der Waals surface area contributed by atoms with Gasteiger partial charge >= 0.3 is 0 Å². The second-order valence-corrected chi connectivity index (χ2v) is 5.03. The van der Waals surface area contributed by atoms with E-state index in [1.54, 1.807) is 19.3 Å². The summed E-state index contributed by atoms with van der Waals surface area (Å²) in [7, 11) is 1.55. The van der Waals surface area contributed by atoms with Gasteiger partial charge in [0.05, 0.1) is 12.1 Å². The Bertz CT molecular complexity index is 479. The van der Waals surface area contributed by atoms with Gasteiger partial charge in [-0.3, -0.25) is 0 Å². The van der Waals surface area contributed by atoms with Gasteiger partial charge in [-0.1, -0.05) is 27.5 Å². The van der Waals surface area contributed by atoms with Crippen molar-refractivity contribution in [2.24, 2.45) is 4.99 Å². The minimum Gasteiger partial charge on any atom is -0.495 e. The molecule has 0 spiro atoms. The summed E-state index contributed by atoms with van der Waals surface area (Å²) >= 11 is 9.44. The Morgan fingerprint density at radius 3 is 2.75 bits per heavy atom. The highest BCUT2D eigenvalue weighted by Crippen LogP contribution is 2.54. The molecule has 16 heavy (non-hydrogen) atoms. The summed E-state index contributed by atoms with van der Waals surface area (Å²) in [5.74, 6) is 0.585. The molecular formula is C11H9BrClNO2. The summed E-state index contributed by atoms with van der Waals surface area (Å²) in [4.78, 5) is 14.3. The first kappa shape index (κ1) is 11.6. The first-order chi connectivity index (χ1) is 7.63. The van der Waals surface area contributed by atoms with Crippen molar-refractivity contribution in [1.29, 1.82) is 0 Å². The number of hydrogen-bond donors (Lipinski definition) is 0. The van der Waals surface area contributed by atoms with Gasteiger partial charge < -0.3 is 4.74 Å². The summed E-state index contributed by atoms with van der Waals surface area (Å²) < 4.78 is 6.11. The summed E-state index contributed by atoms with van der Waals surface area (Å²) in [5, 5.41) is 0.513. The van der Waals surface area contributed by atoms with E-state index >= 15 is 0 Å². The number of carbonyl (C=O) groups excluding carboxylic acids is 1. The molecule has 0 atom stereocenters. The van der Waals surface area contributed by atoms with Gasteiger partial charge in [0.25, 0.3) is 0 Å². The predicted molar refractivity (Wildman–Crippen MR) is 64.7 cm³/mol. The molecule has 0 N–H and O–H groups in total. The van der Waals surface area contributed by atoms with Crippen LogP contribution in [-0.4, -0.2) is 13.2 Å².